The van der Waals surface area contributed by atoms with Crippen molar-refractivity contribution in [3.8, 4) is 0 Å². The molecule has 19 heavy (non-hydrogen) atoms. The van der Waals surface area contributed by atoms with Crippen LogP contribution >= 0.6 is 0 Å². The zero-order chi connectivity index (χ0) is 14.5. The fourth-order valence-corrected chi connectivity index (χ4v) is 1.81. The van der Waals surface area contributed by atoms with Crippen LogP contribution in [0.4, 0.5) is 4.39 Å². The first-order valence-corrected chi connectivity index (χ1v) is 6.97. The molecule has 1 unspecified atom stereocenters. The highest BCUT2D eigenvalue weighted by molar-refractivity contribution is 5.26. The summed E-state index contributed by atoms with van der Waals surface area (Å²) < 4.78 is 19.2. The smallest absolute Gasteiger partial charge is 0.126 e. The van der Waals surface area contributed by atoms with Crippen LogP contribution < -0.4 is 5.32 Å². The number of rotatable bonds is 6. The Balaban J connectivity index is 2.79. The van der Waals surface area contributed by atoms with Crippen LogP contribution in [0.5, 0.6) is 0 Å². The standard InChI is InChI=1S/C16H26FNO/c1-6-9-18-15(11-19-16(3,4)5)13-7-8-14(17)12(2)10-13/h7-8,10,15,18H,6,9,11H2,1-5H3. The molecule has 0 bridgehead atoms. The SMILES string of the molecule is CCCNC(COC(C)(C)C)c1ccc(F)c(C)c1. The summed E-state index contributed by atoms with van der Waals surface area (Å²) >= 11 is 0. The summed E-state index contributed by atoms with van der Waals surface area (Å²) in [5, 5.41) is 3.46. The quantitative estimate of drug-likeness (QED) is 0.841. The molecular weight excluding hydrogens is 241 g/mol. The summed E-state index contributed by atoms with van der Waals surface area (Å²) in [7, 11) is 0. The van der Waals surface area contributed by atoms with E-state index >= 15 is 0 Å². The lowest BCUT2D eigenvalue weighted by Gasteiger charge is -2.25. The molecule has 0 aliphatic heterocycles. The first kappa shape index (κ1) is 16.1. The Morgan fingerprint density at radius 1 is 1.32 bits per heavy atom. The summed E-state index contributed by atoms with van der Waals surface area (Å²) in [4.78, 5) is 0. The van der Waals surface area contributed by atoms with Crippen LogP contribution in [-0.4, -0.2) is 18.8 Å². The zero-order valence-corrected chi connectivity index (χ0v) is 12.7. The highest BCUT2D eigenvalue weighted by Crippen LogP contribution is 2.19. The molecule has 0 saturated carbocycles. The van der Waals surface area contributed by atoms with Gasteiger partial charge in [-0.1, -0.05) is 19.1 Å². The van der Waals surface area contributed by atoms with Crippen LogP contribution in [0.1, 0.15) is 51.3 Å². The van der Waals surface area contributed by atoms with Crippen molar-refractivity contribution in [3.05, 3.63) is 35.1 Å². The van der Waals surface area contributed by atoms with E-state index in [0.29, 0.717) is 12.2 Å². The summed E-state index contributed by atoms with van der Waals surface area (Å²) in [6.45, 7) is 11.6. The molecule has 0 heterocycles. The minimum absolute atomic E-state index is 0.110. The fourth-order valence-electron chi connectivity index (χ4n) is 1.81. The first-order valence-electron chi connectivity index (χ1n) is 6.97. The van der Waals surface area contributed by atoms with E-state index in [0.717, 1.165) is 18.5 Å². The maximum absolute atomic E-state index is 13.3. The second-order valence-corrected chi connectivity index (χ2v) is 5.94. The lowest BCUT2D eigenvalue weighted by atomic mass is 10.0. The number of ether oxygens (including phenoxy) is 1. The molecule has 1 aromatic rings. The van der Waals surface area contributed by atoms with E-state index in [1.165, 1.54) is 6.07 Å². The van der Waals surface area contributed by atoms with Gasteiger partial charge in [-0.15, -0.1) is 0 Å². The van der Waals surface area contributed by atoms with Gasteiger partial charge in [0.1, 0.15) is 5.82 Å². The monoisotopic (exact) mass is 267 g/mol. The average molecular weight is 267 g/mol. The van der Waals surface area contributed by atoms with Crippen LogP contribution in [0.3, 0.4) is 0 Å². The zero-order valence-electron chi connectivity index (χ0n) is 12.7. The summed E-state index contributed by atoms with van der Waals surface area (Å²) in [6.07, 6.45) is 1.06. The summed E-state index contributed by atoms with van der Waals surface area (Å²) in [5.41, 5.74) is 1.59. The van der Waals surface area contributed by atoms with E-state index in [1.807, 2.05) is 32.9 Å². The van der Waals surface area contributed by atoms with Crippen LogP contribution in [0.25, 0.3) is 0 Å². The molecule has 0 radical (unpaired) electrons. The fraction of sp³-hybridized carbons (Fsp3) is 0.625. The maximum atomic E-state index is 13.3. The molecule has 0 aromatic heterocycles. The molecule has 0 aliphatic rings. The van der Waals surface area contributed by atoms with Gasteiger partial charge in [0.25, 0.3) is 0 Å². The number of hydrogen-bond donors (Lipinski definition) is 1. The van der Waals surface area contributed by atoms with E-state index in [-0.39, 0.29) is 17.5 Å². The maximum Gasteiger partial charge on any atom is 0.126 e. The van der Waals surface area contributed by atoms with E-state index in [4.69, 9.17) is 4.74 Å². The highest BCUT2D eigenvalue weighted by atomic mass is 19.1. The first-order chi connectivity index (χ1) is 8.83. The van der Waals surface area contributed by atoms with Crippen LogP contribution in [0, 0.1) is 12.7 Å². The van der Waals surface area contributed by atoms with Crippen LogP contribution in [-0.2, 0) is 4.74 Å². The molecule has 1 rings (SSSR count). The minimum atomic E-state index is -0.165. The number of aryl methyl sites for hydroxylation is 1. The van der Waals surface area contributed by atoms with Gasteiger partial charge in [0, 0.05) is 0 Å². The number of benzene rings is 1. The van der Waals surface area contributed by atoms with E-state index in [2.05, 4.69) is 12.2 Å². The van der Waals surface area contributed by atoms with E-state index in [1.54, 1.807) is 6.92 Å². The Morgan fingerprint density at radius 3 is 2.53 bits per heavy atom. The largest absolute Gasteiger partial charge is 0.374 e. The van der Waals surface area contributed by atoms with Gasteiger partial charge in [-0.2, -0.15) is 0 Å². The van der Waals surface area contributed by atoms with Gasteiger partial charge in [0.05, 0.1) is 18.2 Å². The van der Waals surface area contributed by atoms with Crippen molar-refractivity contribution < 1.29 is 9.13 Å². The van der Waals surface area contributed by atoms with Gasteiger partial charge in [-0.3, -0.25) is 0 Å². The normalized spacial score (nSPS) is 13.6. The highest BCUT2D eigenvalue weighted by Gasteiger charge is 2.17. The molecule has 1 atom stereocenters. The molecule has 2 nitrogen and oxygen atoms in total. The van der Waals surface area contributed by atoms with Gasteiger partial charge in [0.15, 0.2) is 0 Å². The predicted molar refractivity (Wildman–Crippen MR) is 77.9 cm³/mol. The topological polar surface area (TPSA) is 21.3 Å². The third kappa shape index (κ3) is 5.70. The molecule has 0 fully saturated rings. The van der Waals surface area contributed by atoms with E-state index in [9.17, 15) is 4.39 Å². The van der Waals surface area contributed by atoms with Crippen LogP contribution in [0.15, 0.2) is 18.2 Å². The average Bonchev–Trinajstić information content (AvgIpc) is 2.32. The van der Waals surface area contributed by atoms with Crippen molar-refractivity contribution in [2.45, 2.75) is 52.7 Å². The number of hydrogen-bond acceptors (Lipinski definition) is 2. The van der Waals surface area contributed by atoms with Crippen molar-refractivity contribution >= 4 is 0 Å². The number of nitrogens with one attached hydrogen (secondary N) is 1. The molecular formula is C16H26FNO. The molecule has 0 saturated heterocycles. The number of halogens is 1. The van der Waals surface area contributed by atoms with Gasteiger partial charge in [-0.05, 0) is 57.9 Å². The van der Waals surface area contributed by atoms with E-state index < -0.39 is 0 Å². The van der Waals surface area contributed by atoms with Crippen molar-refractivity contribution in [1.29, 1.82) is 0 Å². The third-order valence-corrected chi connectivity index (χ3v) is 2.91. The lowest BCUT2D eigenvalue weighted by Crippen LogP contribution is -2.30. The Bertz CT molecular complexity index is 398. The second-order valence-electron chi connectivity index (χ2n) is 5.94. The Labute approximate surface area is 116 Å². The third-order valence-electron chi connectivity index (χ3n) is 2.91. The molecule has 0 amide bonds. The summed E-state index contributed by atoms with van der Waals surface area (Å²) in [6, 6.07) is 5.37. The predicted octanol–water partition coefficient (Wildman–Crippen LogP) is 3.99. The van der Waals surface area contributed by atoms with Crippen molar-refractivity contribution in [2.24, 2.45) is 0 Å². The van der Waals surface area contributed by atoms with Crippen molar-refractivity contribution in [2.75, 3.05) is 13.2 Å². The van der Waals surface area contributed by atoms with Gasteiger partial charge in [0.2, 0.25) is 0 Å². The Hall–Kier alpha value is -0.930. The molecule has 1 aromatic carbocycles. The van der Waals surface area contributed by atoms with Gasteiger partial charge >= 0.3 is 0 Å². The lowest BCUT2D eigenvalue weighted by molar-refractivity contribution is -0.0147. The second kappa shape index (κ2) is 7.01. The molecule has 0 aliphatic carbocycles. The molecule has 0 spiro atoms. The summed E-state index contributed by atoms with van der Waals surface area (Å²) in [5.74, 6) is -0.158. The molecule has 3 heteroatoms. The van der Waals surface area contributed by atoms with Crippen molar-refractivity contribution in [3.63, 3.8) is 0 Å². The van der Waals surface area contributed by atoms with Gasteiger partial charge in [-0.25, -0.2) is 4.39 Å². The molecule has 108 valence electrons. The molecule has 1 N–H and O–H groups in total. The Kier molecular flexibility index (Phi) is 5.95. The van der Waals surface area contributed by atoms with Crippen molar-refractivity contribution in [1.82, 2.24) is 5.32 Å². The van der Waals surface area contributed by atoms with Crippen LogP contribution in [0.2, 0.25) is 0 Å². The van der Waals surface area contributed by atoms with Gasteiger partial charge < -0.3 is 10.1 Å². The minimum Gasteiger partial charge on any atom is -0.374 e. The Morgan fingerprint density at radius 2 is 2.00 bits per heavy atom.